The Kier molecular flexibility index (Phi) is 7.90. The zero-order valence-electron chi connectivity index (χ0n) is 14.9. The van der Waals surface area contributed by atoms with Gasteiger partial charge in [-0.25, -0.2) is 9.59 Å². The SMILES string of the molecule is COC(=O)C(CCCC(=O)c1ccc(Cl)cc1)NC(=O)OC(C)(C)C. The summed E-state index contributed by atoms with van der Waals surface area (Å²) in [6.45, 7) is 5.18. The molecule has 7 heteroatoms. The van der Waals surface area contributed by atoms with E-state index in [0.717, 1.165) is 0 Å². The molecule has 0 bridgehead atoms. The molecule has 0 aromatic heterocycles. The van der Waals surface area contributed by atoms with Gasteiger partial charge in [0.2, 0.25) is 0 Å². The molecular formula is C18H24ClNO5. The second kappa shape index (κ2) is 9.42. The summed E-state index contributed by atoms with van der Waals surface area (Å²) in [5.41, 5.74) is -0.117. The molecule has 0 spiro atoms. The highest BCUT2D eigenvalue weighted by Crippen LogP contribution is 2.14. The monoisotopic (exact) mass is 369 g/mol. The van der Waals surface area contributed by atoms with E-state index in [4.69, 9.17) is 16.3 Å². The molecule has 6 nitrogen and oxygen atoms in total. The van der Waals surface area contributed by atoms with E-state index < -0.39 is 23.7 Å². The number of hydrogen-bond acceptors (Lipinski definition) is 5. The van der Waals surface area contributed by atoms with Crippen LogP contribution in [0.2, 0.25) is 5.02 Å². The maximum absolute atomic E-state index is 12.1. The number of nitrogens with one attached hydrogen (secondary N) is 1. The van der Waals surface area contributed by atoms with E-state index in [1.165, 1.54) is 7.11 Å². The topological polar surface area (TPSA) is 81.7 Å². The third kappa shape index (κ3) is 8.03. The van der Waals surface area contributed by atoms with E-state index >= 15 is 0 Å². The van der Waals surface area contributed by atoms with Crippen LogP contribution in [-0.2, 0) is 14.3 Å². The largest absolute Gasteiger partial charge is 0.467 e. The molecule has 1 unspecified atom stereocenters. The number of halogens is 1. The maximum atomic E-state index is 12.1. The van der Waals surface area contributed by atoms with Crippen LogP contribution in [0.15, 0.2) is 24.3 Å². The second-order valence-electron chi connectivity index (χ2n) is 6.54. The fourth-order valence-corrected chi connectivity index (χ4v) is 2.21. The Morgan fingerprint density at radius 3 is 2.28 bits per heavy atom. The molecule has 0 fully saturated rings. The van der Waals surface area contributed by atoms with Gasteiger partial charge in [-0.2, -0.15) is 0 Å². The summed E-state index contributed by atoms with van der Waals surface area (Å²) < 4.78 is 9.82. The van der Waals surface area contributed by atoms with Gasteiger partial charge < -0.3 is 14.8 Å². The number of Topliss-reactive ketones (excluding diaryl/α,β-unsaturated/α-hetero) is 1. The average molecular weight is 370 g/mol. The first-order valence-electron chi connectivity index (χ1n) is 7.98. The fraction of sp³-hybridized carbons (Fsp3) is 0.500. The lowest BCUT2D eigenvalue weighted by Gasteiger charge is -2.22. The lowest BCUT2D eigenvalue weighted by atomic mass is 10.0. The smallest absolute Gasteiger partial charge is 0.408 e. The number of ether oxygens (including phenoxy) is 2. The van der Waals surface area contributed by atoms with Gasteiger partial charge in [-0.1, -0.05) is 11.6 Å². The van der Waals surface area contributed by atoms with Gasteiger partial charge >= 0.3 is 12.1 Å². The van der Waals surface area contributed by atoms with Gasteiger partial charge in [-0.05, 0) is 57.9 Å². The van der Waals surface area contributed by atoms with Crippen molar-refractivity contribution >= 4 is 29.4 Å². The highest BCUT2D eigenvalue weighted by Gasteiger charge is 2.25. The van der Waals surface area contributed by atoms with Crippen molar-refractivity contribution in [1.82, 2.24) is 5.32 Å². The van der Waals surface area contributed by atoms with Crippen LogP contribution in [0.3, 0.4) is 0 Å². The van der Waals surface area contributed by atoms with E-state index in [2.05, 4.69) is 10.1 Å². The summed E-state index contributed by atoms with van der Waals surface area (Å²) in [7, 11) is 1.24. The number of carbonyl (C=O) groups excluding carboxylic acids is 3. The third-order valence-corrected chi connectivity index (χ3v) is 3.49. The Morgan fingerprint density at radius 1 is 1.16 bits per heavy atom. The van der Waals surface area contributed by atoms with E-state index in [-0.39, 0.29) is 18.6 Å². The minimum Gasteiger partial charge on any atom is -0.467 e. The van der Waals surface area contributed by atoms with Gasteiger partial charge in [0.1, 0.15) is 11.6 Å². The van der Waals surface area contributed by atoms with Crippen LogP contribution in [0.4, 0.5) is 4.79 Å². The second-order valence-corrected chi connectivity index (χ2v) is 6.98. The summed E-state index contributed by atoms with van der Waals surface area (Å²) in [4.78, 5) is 35.7. The number of ketones is 1. The predicted molar refractivity (Wildman–Crippen MR) is 94.8 cm³/mol. The van der Waals surface area contributed by atoms with Gasteiger partial charge in [0.15, 0.2) is 5.78 Å². The molecule has 1 aromatic carbocycles. The van der Waals surface area contributed by atoms with E-state index in [9.17, 15) is 14.4 Å². The van der Waals surface area contributed by atoms with Crippen LogP contribution in [0.5, 0.6) is 0 Å². The number of alkyl carbamates (subject to hydrolysis) is 1. The quantitative estimate of drug-likeness (QED) is 0.584. The van der Waals surface area contributed by atoms with Crippen molar-refractivity contribution in [2.45, 2.75) is 51.7 Å². The molecule has 1 atom stereocenters. The van der Waals surface area contributed by atoms with Crippen molar-refractivity contribution in [2.75, 3.05) is 7.11 Å². The zero-order chi connectivity index (χ0) is 19.0. The normalized spacial score (nSPS) is 12.2. The first kappa shape index (κ1) is 21.0. The number of carbonyl (C=O) groups is 3. The summed E-state index contributed by atoms with van der Waals surface area (Å²) >= 11 is 5.79. The van der Waals surface area contributed by atoms with E-state index in [1.54, 1.807) is 45.0 Å². The Bertz CT molecular complexity index is 607. The minimum atomic E-state index is -0.863. The number of methoxy groups -OCH3 is 1. The van der Waals surface area contributed by atoms with Crippen molar-refractivity contribution in [3.8, 4) is 0 Å². The Balaban J connectivity index is 2.55. The van der Waals surface area contributed by atoms with E-state index in [0.29, 0.717) is 17.0 Å². The first-order chi connectivity index (χ1) is 11.6. The molecule has 0 saturated carbocycles. The summed E-state index contributed by atoms with van der Waals surface area (Å²) in [5.74, 6) is -0.637. The predicted octanol–water partition coefficient (Wildman–Crippen LogP) is 3.76. The average Bonchev–Trinajstić information content (AvgIpc) is 2.51. The number of amides is 1. The molecule has 1 rings (SSSR count). The van der Waals surface area contributed by atoms with Crippen LogP contribution in [0.25, 0.3) is 0 Å². The molecule has 0 aliphatic rings. The molecule has 138 valence electrons. The molecule has 0 aliphatic carbocycles. The van der Waals surface area contributed by atoms with Crippen LogP contribution in [-0.4, -0.2) is 36.6 Å². The number of esters is 1. The fourth-order valence-electron chi connectivity index (χ4n) is 2.09. The van der Waals surface area contributed by atoms with Crippen molar-refractivity contribution in [3.63, 3.8) is 0 Å². The molecule has 0 radical (unpaired) electrons. The van der Waals surface area contributed by atoms with Gasteiger partial charge in [0.05, 0.1) is 7.11 Å². The van der Waals surface area contributed by atoms with Crippen LogP contribution >= 0.6 is 11.6 Å². The Morgan fingerprint density at radius 2 is 1.76 bits per heavy atom. The molecule has 0 aliphatic heterocycles. The summed E-state index contributed by atoms with van der Waals surface area (Å²) in [6, 6.07) is 5.74. The highest BCUT2D eigenvalue weighted by molar-refractivity contribution is 6.30. The molecule has 0 heterocycles. The van der Waals surface area contributed by atoms with Crippen molar-refractivity contribution in [1.29, 1.82) is 0 Å². The van der Waals surface area contributed by atoms with Crippen LogP contribution in [0.1, 0.15) is 50.4 Å². The lowest BCUT2D eigenvalue weighted by Crippen LogP contribution is -2.44. The molecular weight excluding hydrogens is 346 g/mol. The number of rotatable bonds is 7. The maximum Gasteiger partial charge on any atom is 0.408 e. The number of benzene rings is 1. The summed E-state index contributed by atoms with van der Waals surface area (Å²) in [6.07, 6.45) is 0.222. The van der Waals surface area contributed by atoms with Gasteiger partial charge in [0, 0.05) is 17.0 Å². The van der Waals surface area contributed by atoms with Crippen molar-refractivity contribution < 1.29 is 23.9 Å². The standard InChI is InChI=1S/C18H24ClNO5/c1-18(2,3)25-17(23)20-14(16(22)24-4)6-5-7-15(21)12-8-10-13(19)11-9-12/h8-11,14H,5-7H2,1-4H3,(H,20,23). The van der Waals surface area contributed by atoms with Crippen molar-refractivity contribution in [3.05, 3.63) is 34.9 Å². The van der Waals surface area contributed by atoms with Crippen LogP contribution < -0.4 is 5.32 Å². The molecule has 0 saturated heterocycles. The minimum absolute atomic E-state index is 0.0578. The first-order valence-corrected chi connectivity index (χ1v) is 8.36. The summed E-state index contributed by atoms with van der Waals surface area (Å²) in [5, 5.41) is 3.04. The molecule has 25 heavy (non-hydrogen) atoms. The molecule has 1 aromatic rings. The van der Waals surface area contributed by atoms with E-state index in [1.807, 2.05) is 0 Å². The zero-order valence-corrected chi connectivity index (χ0v) is 15.7. The molecule has 1 amide bonds. The Labute approximate surface area is 152 Å². The lowest BCUT2D eigenvalue weighted by molar-refractivity contribution is -0.143. The molecule has 1 N–H and O–H groups in total. The number of hydrogen-bond donors (Lipinski definition) is 1. The highest BCUT2D eigenvalue weighted by atomic mass is 35.5. The van der Waals surface area contributed by atoms with Gasteiger partial charge in [-0.3, -0.25) is 4.79 Å². The van der Waals surface area contributed by atoms with Gasteiger partial charge in [0.25, 0.3) is 0 Å². The van der Waals surface area contributed by atoms with Gasteiger partial charge in [-0.15, -0.1) is 0 Å². The van der Waals surface area contributed by atoms with Crippen molar-refractivity contribution in [2.24, 2.45) is 0 Å². The third-order valence-electron chi connectivity index (χ3n) is 3.24. The Hall–Kier alpha value is -2.08. The van der Waals surface area contributed by atoms with Crippen LogP contribution in [0, 0.1) is 0 Å².